The number of aliphatic hydroxyl groups excluding tert-OH is 1. The number of hydrogen-bond acceptors (Lipinski definition) is 3. The molecule has 1 aliphatic carbocycles. The number of aliphatic hydroxyl groups is 1. The highest BCUT2D eigenvalue weighted by atomic mass is 16.3. The Morgan fingerprint density at radius 1 is 1.27 bits per heavy atom. The van der Waals surface area contributed by atoms with Crippen molar-refractivity contribution in [2.75, 3.05) is 6.61 Å². The number of benzene rings is 1. The minimum Gasteiger partial charge on any atom is -0.508 e. The minimum absolute atomic E-state index is 0.000657. The maximum absolute atomic E-state index is 12.1. The Morgan fingerprint density at radius 2 is 1.95 bits per heavy atom. The first-order chi connectivity index (χ1) is 10.6. The van der Waals surface area contributed by atoms with E-state index in [4.69, 9.17) is 0 Å². The van der Waals surface area contributed by atoms with Crippen LogP contribution in [-0.2, 0) is 6.42 Å². The lowest BCUT2D eigenvalue weighted by Gasteiger charge is -2.31. The predicted molar refractivity (Wildman–Crippen MR) is 85.8 cm³/mol. The van der Waals surface area contributed by atoms with Crippen LogP contribution < -0.4 is 10.6 Å². The molecule has 122 valence electrons. The highest BCUT2D eigenvalue weighted by Crippen LogP contribution is 2.23. The summed E-state index contributed by atoms with van der Waals surface area (Å²) in [5.41, 5.74) is 1.07. The number of nitrogens with one attached hydrogen (secondary N) is 2. The topological polar surface area (TPSA) is 81.6 Å². The average molecular weight is 306 g/mol. The first-order valence-electron chi connectivity index (χ1n) is 8.04. The number of carbonyl (C=O) groups excluding carboxylic acids is 1. The van der Waals surface area contributed by atoms with Gasteiger partial charge >= 0.3 is 6.03 Å². The number of phenolic OH excluding ortho intramolecular Hbond substituents is 1. The number of amides is 2. The van der Waals surface area contributed by atoms with E-state index in [2.05, 4.69) is 10.6 Å². The number of carbonyl (C=O) groups is 1. The summed E-state index contributed by atoms with van der Waals surface area (Å²) in [5.74, 6) is 0.418. The second-order valence-corrected chi connectivity index (χ2v) is 6.22. The van der Waals surface area contributed by atoms with E-state index in [1.54, 1.807) is 12.1 Å². The van der Waals surface area contributed by atoms with Gasteiger partial charge in [0.2, 0.25) is 0 Å². The van der Waals surface area contributed by atoms with Crippen molar-refractivity contribution in [1.29, 1.82) is 0 Å². The van der Waals surface area contributed by atoms with E-state index in [1.165, 1.54) is 0 Å². The van der Waals surface area contributed by atoms with Crippen molar-refractivity contribution >= 4 is 6.03 Å². The molecule has 0 heterocycles. The number of hydrogen-bond donors (Lipinski definition) is 4. The second-order valence-electron chi connectivity index (χ2n) is 6.22. The fourth-order valence-electron chi connectivity index (χ4n) is 3.09. The van der Waals surface area contributed by atoms with Crippen molar-refractivity contribution < 1.29 is 15.0 Å². The van der Waals surface area contributed by atoms with Crippen molar-refractivity contribution in [2.45, 2.75) is 51.1 Å². The molecule has 0 radical (unpaired) electrons. The predicted octanol–water partition coefficient (Wildman–Crippen LogP) is 2.17. The van der Waals surface area contributed by atoms with E-state index < -0.39 is 0 Å². The monoisotopic (exact) mass is 306 g/mol. The fraction of sp³-hybridized carbons (Fsp3) is 0.588. The average Bonchev–Trinajstić information content (AvgIpc) is 2.50. The lowest BCUT2D eigenvalue weighted by molar-refractivity contribution is 0.153. The third-order valence-electron chi connectivity index (χ3n) is 4.32. The summed E-state index contributed by atoms with van der Waals surface area (Å²) in [4.78, 5) is 12.1. The van der Waals surface area contributed by atoms with Gasteiger partial charge in [-0.25, -0.2) is 4.79 Å². The van der Waals surface area contributed by atoms with Gasteiger partial charge in [-0.1, -0.05) is 25.0 Å². The van der Waals surface area contributed by atoms with E-state index in [1.807, 2.05) is 19.1 Å². The summed E-state index contributed by atoms with van der Waals surface area (Å²) in [5, 5.41) is 24.6. The summed E-state index contributed by atoms with van der Waals surface area (Å²) in [6, 6.07) is 6.91. The van der Waals surface area contributed by atoms with Gasteiger partial charge in [0, 0.05) is 24.6 Å². The van der Waals surface area contributed by atoms with Crippen LogP contribution in [0.1, 0.15) is 38.2 Å². The van der Waals surface area contributed by atoms with Crippen LogP contribution in [0.15, 0.2) is 24.3 Å². The Kier molecular flexibility index (Phi) is 6.07. The van der Waals surface area contributed by atoms with Crippen LogP contribution in [0.25, 0.3) is 0 Å². The summed E-state index contributed by atoms with van der Waals surface area (Å²) in [6.45, 7) is 2.09. The molecule has 5 nitrogen and oxygen atoms in total. The number of phenols is 1. The summed E-state index contributed by atoms with van der Waals surface area (Å²) < 4.78 is 0. The molecule has 3 atom stereocenters. The normalized spacial score (nSPS) is 22.8. The highest BCUT2D eigenvalue weighted by molar-refractivity contribution is 5.74. The quantitative estimate of drug-likeness (QED) is 0.673. The van der Waals surface area contributed by atoms with E-state index >= 15 is 0 Å². The van der Waals surface area contributed by atoms with Gasteiger partial charge in [-0.2, -0.15) is 0 Å². The minimum atomic E-state index is -0.170. The van der Waals surface area contributed by atoms with E-state index in [9.17, 15) is 15.0 Å². The number of aromatic hydroxyl groups is 1. The third kappa shape index (κ3) is 4.91. The van der Waals surface area contributed by atoms with Crippen molar-refractivity contribution in [3.63, 3.8) is 0 Å². The molecule has 1 aromatic carbocycles. The van der Waals surface area contributed by atoms with Gasteiger partial charge in [-0.3, -0.25) is 0 Å². The van der Waals surface area contributed by atoms with Gasteiger partial charge in [-0.05, 0) is 43.9 Å². The van der Waals surface area contributed by atoms with Crippen LogP contribution in [0.3, 0.4) is 0 Å². The lowest BCUT2D eigenvalue weighted by Crippen LogP contribution is -2.50. The van der Waals surface area contributed by atoms with Gasteiger partial charge in [0.15, 0.2) is 0 Å². The van der Waals surface area contributed by atoms with Crippen LogP contribution in [0, 0.1) is 5.92 Å². The Balaban J connectivity index is 1.79. The lowest BCUT2D eigenvalue weighted by atomic mass is 9.85. The second kappa shape index (κ2) is 8.03. The van der Waals surface area contributed by atoms with Gasteiger partial charge in [0.05, 0.1) is 0 Å². The van der Waals surface area contributed by atoms with Crippen molar-refractivity contribution in [3.8, 4) is 5.75 Å². The van der Waals surface area contributed by atoms with Crippen LogP contribution in [-0.4, -0.2) is 34.9 Å². The van der Waals surface area contributed by atoms with Crippen LogP contribution in [0.4, 0.5) is 4.79 Å². The van der Waals surface area contributed by atoms with E-state index in [0.29, 0.717) is 6.42 Å². The number of rotatable bonds is 5. The first kappa shape index (κ1) is 16.6. The SMILES string of the molecule is CC(Cc1ccc(O)cc1)NC(=O)NC1CCCCC1CO. The zero-order chi connectivity index (χ0) is 15.9. The molecule has 0 saturated heterocycles. The Bertz CT molecular complexity index is 475. The zero-order valence-corrected chi connectivity index (χ0v) is 13.1. The highest BCUT2D eigenvalue weighted by Gasteiger charge is 2.26. The summed E-state index contributed by atoms with van der Waals surface area (Å²) in [6.07, 6.45) is 4.85. The van der Waals surface area contributed by atoms with Crippen molar-refractivity contribution in [3.05, 3.63) is 29.8 Å². The van der Waals surface area contributed by atoms with E-state index in [-0.39, 0.29) is 36.4 Å². The maximum Gasteiger partial charge on any atom is 0.315 e. The molecular formula is C17H26N2O3. The molecule has 0 aliphatic heterocycles. The van der Waals surface area contributed by atoms with Crippen LogP contribution in [0.2, 0.25) is 0 Å². The standard InChI is InChI=1S/C17H26N2O3/c1-12(10-13-6-8-15(21)9-7-13)18-17(22)19-16-5-3-2-4-14(16)11-20/h6-9,12,14,16,20-21H,2-5,10-11H2,1H3,(H2,18,19,22). The summed E-state index contributed by atoms with van der Waals surface area (Å²) >= 11 is 0. The molecule has 22 heavy (non-hydrogen) atoms. The molecule has 2 rings (SSSR count). The van der Waals surface area contributed by atoms with Crippen molar-refractivity contribution in [1.82, 2.24) is 10.6 Å². The third-order valence-corrected chi connectivity index (χ3v) is 4.32. The van der Waals surface area contributed by atoms with Gasteiger partial charge in [0.1, 0.15) is 5.75 Å². The van der Waals surface area contributed by atoms with Crippen LogP contribution in [0.5, 0.6) is 5.75 Å². The smallest absolute Gasteiger partial charge is 0.315 e. The largest absolute Gasteiger partial charge is 0.508 e. The van der Waals surface area contributed by atoms with Crippen LogP contribution >= 0.6 is 0 Å². The molecule has 0 spiro atoms. The molecule has 3 unspecified atom stereocenters. The molecule has 2 amide bonds. The first-order valence-corrected chi connectivity index (χ1v) is 8.04. The summed E-state index contributed by atoms with van der Waals surface area (Å²) in [7, 11) is 0. The molecule has 5 heteroatoms. The molecule has 1 aliphatic rings. The number of urea groups is 1. The zero-order valence-electron chi connectivity index (χ0n) is 13.1. The van der Waals surface area contributed by atoms with Gasteiger partial charge < -0.3 is 20.8 Å². The molecule has 0 aromatic heterocycles. The molecule has 4 N–H and O–H groups in total. The Morgan fingerprint density at radius 3 is 2.64 bits per heavy atom. The van der Waals surface area contributed by atoms with E-state index in [0.717, 1.165) is 31.2 Å². The molecule has 1 saturated carbocycles. The van der Waals surface area contributed by atoms with Gasteiger partial charge in [0.25, 0.3) is 0 Å². The maximum atomic E-state index is 12.1. The molecular weight excluding hydrogens is 280 g/mol. The fourth-order valence-corrected chi connectivity index (χ4v) is 3.09. The van der Waals surface area contributed by atoms with Crippen molar-refractivity contribution in [2.24, 2.45) is 5.92 Å². The van der Waals surface area contributed by atoms with Gasteiger partial charge in [-0.15, -0.1) is 0 Å². The Labute approximate surface area is 131 Å². The Hall–Kier alpha value is -1.75. The molecule has 1 fully saturated rings. The molecule has 0 bridgehead atoms. The molecule has 1 aromatic rings.